The minimum Gasteiger partial charge on any atom is -0.476 e. The highest BCUT2D eigenvalue weighted by atomic mass is 16.4. The van der Waals surface area contributed by atoms with Crippen LogP contribution in [0, 0.1) is 6.92 Å². The molecule has 0 saturated heterocycles. The molecule has 0 spiro atoms. The van der Waals surface area contributed by atoms with Crippen molar-refractivity contribution in [3.05, 3.63) is 29.9 Å². The first-order chi connectivity index (χ1) is 6.68. The highest BCUT2D eigenvalue weighted by molar-refractivity contribution is 5.85. The third-order valence-corrected chi connectivity index (χ3v) is 1.78. The lowest BCUT2D eigenvalue weighted by Crippen LogP contribution is -1.95. The van der Waals surface area contributed by atoms with Crippen molar-refractivity contribution >= 4 is 5.97 Å². The maximum absolute atomic E-state index is 10.5. The maximum atomic E-state index is 10.5. The second-order valence-electron chi connectivity index (χ2n) is 2.78. The van der Waals surface area contributed by atoms with Crippen LogP contribution in [0.25, 0.3) is 11.7 Å². The molecule has 0 saturated carbocycles. The smallest absolute Gasteiger partial charge is 0.357 e. The number of nitrogens with zero attached hydrogens (tertiary/aromatic N) is 1. The molecule has 2 aromatic heterocycles. The Morgan fingerprint density at radius 3 is 2.79 bits per heavy atom. The van der Waals surface area contributed by atoms with Gasteiger partial charge in [0.2, 0.25) is 0 Å². The summed E-state index contributed by atoms with van der Waals surface area (Å²) in [6.07, 6.45) is 2.58. The predicted octanol–water partition coefficient (Wildman–Crippen LogP) is 1.94. The highest BCUT2D eigenvalue weighted by Gasteiger charge is 2.15. The maximum Gasteiger partial charge on any atom is 0.357 e. The summed E-state index contributed by atoms with van der Waals surface area (Å²) in [7, 11) is 0. The molecule has 0 amide bonds. The number of aryl methyl sites for hydroxylation is 1. The van der Waals surface area contributed by atoms with Gasteiger partial charge in [-0.3, -0.25) is 0 Å². The van der Waals surface area contributed by atoms with E-state index < -0.39 is 5.97 Å². The van der Waals surface area contributed by atoms with E-state index in [1.54, 1.807) is 6.07 Å². The Bertz CT molecular complexity index is 469. The van der Waals surface area contributed by atoms with E-state index in [0.29, 0.717) is 5.76 Å². The van der Waals surface area contributed by atoms with E-state index in [2.05, 4.69) is 4.98 Å². The summed E-state index contributed by atoms with van der Waals surface area (Å²) in [6.45, 7) is 1.82. The number of oxazole rings is 1. The van der Waals surface area contributed by atoms with E-state index in [0.717, 1.165) is 11.8 Å². The fraction of sp³-hybridized carbons (Fsp3) is 0.111. The summed E-state index contributed by atoms with van der Waals surface area (Å²) in [5.41, 5.74) is 0.722. The van der Waals surface area contributed by atoms with Crippen molar-refractivity contribution in [3.63, 3.8) is 0 Å². The third-order valence-electron chi connectivity index (χ3n) is 1.78. The van der Waals surface area contributed by atoms with Gasteiger partial charge in [0.15, 0.2) is 11.5 Å². The SMILES string of the molecule is Cc1ccoc1-c1nc(C(=O)O)co1. The van der Waals surface area contributed by atoms with Crippen LogP contribution in [-0.4, -0.2) is 16.1 Å². The summed E-state index contributed by atoms with van der Waals surface area (Å²) in [6, 6.07) is 1.75. The Hall–Kier alpha value is -2.04. The van der Waals surface area contributed by atoms with Gasteiger partial charge in [-0.05, 0) is 13.0 Å². The van der Waals surface area contributed by atoms with Crippen molar-refractivity contribution in [2.24, 2.45) is 0 Å². The zero-order valence-corrected chi connectivity index (χ0v) is 7.35. The molecular formula is C9H7NO4. The van der Waals surface area contributed by atoms with Gasteiger partial charge in [-0.25, -0.2) is 4.79 Å². The molecule has 0 fully saturated rings. The topological polar surface area (TPSA) is 76.5 Å². The summed E-state index contributed by atoms with van der Waals surface area (Å²) in [5, 5.41) is 8.61. The first kappa shape index (κ1) is 8.55. The Kier molecular flexibility index (Phi) is 1.85. The predicted molar refractivity (Wildman–Crippen MR) is 45.9 cm³/mol. The van der Waals surface area contributed by atoms with Crippen molar-refractivity contribution in [2.45, 2.75) is 6.92 Å². The normalized spacial score (nSPS) is 10.4. The van der Waals surface area contributed by atoms with Crippen LogP contribution in [0.5, 0.6) is 0 Å². The van der Waals surface area contributed by atoms with Crippen LogP contribution >= 0.6 is 0 Å². The second-order valence-corrected chi connectivity index (χ2v) is 2.78. The van der Waals surface area contributed by atoms with E-state index in [-0.39, 0.29) is 11.6 Å². The molecular weight excluding hydrogens is 186 g/mol. The zero-order chi connectivity index (χ0) is 10.1. The number of aromatic nitrogens is 1. The van der Waals surface area contributed by atoms with Crippen LogP contribution in [-0.2, 0) is 0 Å². The van der Waals surface area contributed by atoms with Gasteiger partial charge in [-0.15, -0.1) is 0 Å². The number of aromatic carboxylic acids is 1. The van der Waals surface area contributed by atoms with Gasteiger partial charge in [-0.1, -0.05) is 0 Å². The molecule has 0 atom stereocenters. The van der Waals surface area contributed by atoms with E-state index in [4.69, 9.17) is 13.9 Å². The lowest BCUT2D eigenvalue weighted by Gasteiger charge is -1.88. The largest absolute Gasteiger partial charge is 0.476 e. The minimum atomic E-state index is -1.12. The number of carbonyl (C=O) groups is 1. The van der Waals surface area contributed by atoms with Gasteiger partial charge in [0.25, 0.3) is 5.89 Å². The van der Waals surface area contributed by atoms with E-state index in [1.165, 1.54) is 6.26 Å². The molecule has 0 aromatic carbocycles. The van der Waals surface area contributed by atoms with E-state index in [1.807, 2.05) is 6.92 Å². The summed E-state index contributed by atoms with van der Waals surface area (Å²) in [4.78, 5) is 14.3. The number of carboxylic acids is 1. The number of hydrogen-bond acceptors (Lipinski definition) is 4. The summed E-state index contributed by atoms with van der Waals surface area (Å²) >= 11 is 0. The molecule has 5 nitrogen and oxygen atoms in total. The molecule has 0 aliphatic rings. The van der Waals surface area contributed by atoms with Crippen LogP contribution in [0.2, 0.25) is 0 Å². The average molecular weight is 193 g/mol. The van der Waals surface area contributed by atoms with Crippen LogP contribution in [0.4, 0.5) is 0 Å². The van der Waals surface area contributed by atoms with Gasteiger partial charge < -0.3 is 13.9 Å². The number of hydrogen-bond donors (Lipinski definition) is 1. The van der Waals surface area contributed by atoms with Gasteiger partial charge in [0, 0.05) is 5.56 Å². The Morgan fingerprint density at radius 2 is 2.29 bits per heavy atom. The Balaban J connectivity index is 2.43. The molecule has 2 rings (SSSR count). The standard InChI is InChI=1S/C9H7NO4/c1-5-2-3-13-7(5)8-10-6(4-14-8)9(11)12/h2-4H,1H3,(H,11,12). The minimum absolute atomic E-state index is 0.129. The molecule has 72 valence electrons. The molecule has 0 aliphatic carbocycles. The molecule has 0 radical (unpaired) electrons. The molecule has 2 heterocycles. The fourth-order valence-corrected chi connectivity index (χ4v) is 1.07. The summed E-state index contributed by atoms with van der Waals surface area (Å²) < 4.78 is 10.1. The molecule has 0 bridgehead atoms. The lowest BCUT2D eigenvalue weighted by molar-refractivity contribution is 0.0690. The first-order valence-electron chi connectivity index (χ1n) is 3.92. The van der Waals surface area contributed by atoms with Crippen molar-refractivity contribution in [1.82, 2.24) is 4.98 Å². The van der Waals surface area contributed by atoms with Crippen molar-refractivity contribution in [3.8, 4) is 11.7 Å². The van der Waals surface area contributed by atoms with Gasteiger partial charge >= 0.3 is 5.97 Å². The van der Waals surface area contributed by atoms with Crippen molar-refractivity contribution in [1.29, 1.82) is 0 Å². The lowest BCUT2D eigenvalue weighted by atomic mass is 10.3. The van der Waals surface area contributed by atoms with Gasteiger partial charge in [0.05, 0.1) is 6.26 Å². The number of furan rings is 1. The number of rotatable bonds is 2. The first-order valence-corrected chi connectivity index (χ1v) is 3.92. The molecule has 0 unspecified atom stereocenters. The zero-order valence-electron chi connectivity index (χ0n) is 7.35. The molecule has 5 heteroatoms. The van der Waals surface area contributed by atoms with E-state index >= 15 is 0 Å². The van der Waals surface area contributed by atoms with Crippen molar-refractivity contribution in [2.75, 3.05) is 0 Å². The average Bonchev–Trinajstić information content (AvgIpc) is 2.71. The second kappa shape index (κ2) is 3.02. The molecule has 1 N–H and O–H groups in total. The highest BCUT2D eigenvalue weighted by Crippen LogP contribution is 2.23. The summed E-state index contributed by atoms with van der Waals surface area (Å²) in [5.74, 6) is -0.480. The fourth-order valence-electron chi connectivity index (χ4n) is 1.07. The monoisotopic (exact) mass is 193 g/mol. The Labute approximate surface area is 79.0 Å². The molecule has 14 heavy (non-hydrogen) atoms. The van der Waals surface area contributed by atoms with Crippen LogP contribution < -0.4 is 0 Å². The Morgan fingerprint density at radius 1 is 1.50 bits per heavy atom. The van der Waals surface area contributed by atoms with Gasteiger partial charge in [0.1, 0.15) is 6.26 Å². The third kappa shape index (κ3) is 1.28. The van der Waals surface area contributed by atoms with E-state index in [9.17, 15) is 4.79 Å². The molecule has 0 aliphatic heterocycles. The quantitative estimate of drug-likeness (QED) is 0.788. The van der Waals surface area contributed by atoms with Gasteiger partial charge in [-0.2, -0.15) is 4.98 Å². The van der Waals surface area contributed by atoms with Crippen LogP contribution in [0.1, 0.15) is 16.1 Å². The molecule has 2 aromatic rings. The van der Waals surface area contributed by atoms with Crippen molar-refractivity contribution < 1.29 is 18.7 Å². The van der Waals surface area contributed by atoms with Crippen LogP contribution in [0.15, 0.2) is 27.4 Å². The van der Waals surface area contributed by atoms with Crippen LogP contribution in [0.3, 0.4) is 0 Å². The number of carboxylic acid groups (broad SMARTS) is 1.